The van der Waals surface area contributed by atoms with Gasteiger partial charge in [0.1, 0.15) is 5.75 Å². The number of hydrogen-bond donors (Lipinski definition) is 1. The van der Waals surface area contributed by atoms with E-state index in [0.29, 0.717) is 13.1 Å². The van der Waals surface area contributed by atoms with Crippen molar-refractivity contribution in [2.45, 2.75) is 50.7 Å². The molecular weight excluding hydrogens is 336 g/mol. The van der Waals surface area contributed by atoms with Gasteiger partial charge in [-0.2, -0.15) is 0 Å². The van der Waals surface area contributed by atoms with Crippen molar-refractivity contribution in [1.29, 1.82) is 0 Å². The molecule has 0 aliphatic carbocycles. The molecule has 2 fully saturated rings. The fourth-order valence-electron chi connectivity index (χ4n) is 4.25. The van der Waals surface area contributed by atoms with Crippen LogP contribution in [-0.2, 0) is 16.0 Å². The molecule has 3 heterocycles. The van der Waals surface area contributed by atoms with Crippen molar-refractivity contribution in [3.63, 3.8) is 0 Å². The Kier molecular flexibility index (Phi) is 5.02. The second kappa shape index (κ2) is 7.42. The Labute approximate surface area is 153 Å². The molecule has 1 aromatic rings. The predicted molar refractivity (Wildman–Crippen MR) is 95.6 cm³/mol. The van der Waals surface area contributed by atoms with Gasteiger partial charge >= 0.3 is 6.09 Å². The summed E-state index contributed by atoms with van der Waals surface area (Å²) >= 11 is 0. The molecule has 1 aromatic carbocycles. The number of ether oxygens (including phenoxy) is 3. The summed E-state index contributed by atoms with van der Waals surface area (Å²) in [6.07, 6.45) is 2.94. The molecule has 2 saturated heterocycles. The van der Waals surface area contributed by atoms with Crippen molar-refractivity contribution in [2.75, 3.05) is 31.7 Å². The molecule has 3 aliphatic rings. The maximum Gasteiger partial charge on any atom is 0.411 e. The average molecular weight is 362 g/mol. The van der Waals surface area contributed by atoms with Crippen molar-refractivity contribution < 1.29 is 24.1 Å². The third-order valence-electron chi connectivity index (χ3n) is 5.61. The number of methoxy groups -OCH3 is 1. The summed E-state index contributed by atoms with van der Waals surface area (Å²) in [7, 11) is 1.63. The van der Waals surface area contributed by atoms with Gasteiger partial charge in [-0.15, -0.1) is 0 Å². The number of anilines is 1. The molecule has 26 heavy (non-hydrogen) atoms. The van der Waals surface area contributed by atoms with Gasteiger partial charge in [0.25, 0.3) is 0 Å². The first-order valence-corrected chi connectivity index (χ1v) is 9.34. The summed E-state index contributed by atoms with van der Waals surface area (Å²) in [6, 6.07) is 5.63. The standard InChI is InChI=1S/C19H26N2O5/c1-24-14-5-6-15-13(10-14)11-20-8-7-17(16(20)12-21(15)19(22)23)26-18-4-2-3-9-25-18/h5-6,10,16-18H,2-4,7-9,11-12H2,1H3,(H,22,23). The normalized spacial score (nSPS) is 29.0. The first-order valence-electron chi connectivity index (χ1n) is 9.34. The van der Waals surface area contributed by atoms with Crippen LogP contribution in [0.15, 0.2) is 18.2 Å². The summed E-state index contributed by atoms with van der Waals surface area (Å²) in [6.45, 7) is 2.75. The van der Waals surface area contributed by atoms with Gasteiger partial charge in [-0.3, -0.25) is 9.80 Å². The maximum absolute atomic E-state index is 11.9. The molecule has 3 aliphatic heterocycles. The van der Waals surface area contributed by atoms with Crippen molar-refractivity contribution in [3.05, 3.63) is 23.8 Å². The van der Waals surface area contributed by atoms with Crippen LogP contribution in [0.2, 0.25) is 0 Å². The van der Waals surface area contributed by atoms with Gasteiger partial charge in [-0.25, -0.2) is 4.79 Å². The van der Waals surface area contributed by atoms with E-state index in [9.17, 15) is 9.90 Å². The summed E-state index contributed by atoms with van der Waals surface area (Å²) in [5, 5.41) is 9.77. The Morgan fingerprint density at radius 2 is 2.19 bits per heavy atom. The number of benzene rings is 1. The fourth-order valence-corrected chi connectivity index (χ4v) is 4.25. The lowest BCUT2D eigenvalue weighted by molar-refractivity contribution is -0.191. The highest BCUT2D eigenvalue weighted by molar-refractivity contribution is 5.87. The number of nitrogens with zero attached hydrogens (tertiary/aromatic N) is 2. The smallest absolute Gasteiger partial charge is 0.411 e. The van der Waals surface area contributed by atoms with E-state index >= 15 is 0 Å². The van der Waals surface area contributed by atoms with Gasteiger partial charge in [-0.1, -0.05) is 0 Å². The quantitative estimate of drug-likeness (QED) is 0.891. The Morgan fingerprint density at radius 1 is 1.31 bits per heavy atom. The van der Waals surface area contributed by atoms with E-state index in [1.54, 1.807) is 7.11 Å². The van der Waals surface area contributed by atoms with Crippen molar-refractivity contribution in [1.82, 2.24) is 4.90 Å². The Morgan fingerprint density at radius 3 is 2.92 bits per heavy atom. The molecule has 3 atom stereocenters. The van der Waals surface area contributed by atoms with Gasteiger partial charge in [-0.05, 0) is 49.4 Å². The zero-order chi connectivity index (χ0) is 18.1. The summed E-state index contributed by atoms with van der Waals surface area (Å²) in [5.41, 5.74) is 1.71. The van der Waals surface area contributed by atoms with Gasteiger partial charge in [0.15, 0.2) is 6.29 Å². The first-order chi connectivity index (χ1) is 12.7. The second-order valence-corrected chi connectivity index (χ2v) is 7.18. The summed E-state index contributed by atoms with van der Waals surface area (Å²) < 4.78 is 17.3. The fraction of sp³-hybridized carbons (Fsp3) is 0.632. The van der Waals surface area contributed by atoms with Gasteiger partial charge in [0.2, 0.25) is 0 Å². The van der Waals surface area contributed by atoms with Crippen LogP contribution in [0, 0.1) is 0 Å². The number of carboxylic acid groups (broad SMARTS) is 1. The lowest BCUT2D eigenvalue weighted by atomic mass is 10.1. The minimum Gasteiger partial charge on any atom is -0.497 e. The molecule has 7 heteroatoms. The monoisotopic (exact) mass is 362 g/mol. The van der Waals surface area contributed by atoms with E-state index in [0.717, 1.165) is 55.8 Å². The van der Waals surface area contributed by atoms with Crippen LogP contribution in [0.25, 0.3) is 0 Å². The molecule has 1 amide bonds. The molecule has 142 valence electrons. The van der Waals surface area contributed by atoms with Gasteiger partial charge in [0, 0.05) is 26.2 Å². The van der Waals surface area contributed by atoms with Crippen LogP contribution in [-0.4, -0.2) is 61.3 Å². The second-order valence-electron chi connectivity index (χ2n) is 7.18. The van der Waals surface area contributed by atoms with E-state index in [-0.39, 0.29) is 18.4 Å². The van der Waals surface area contributed by atoms with Crippen LogP contribution in [0.4, 0.5) is 10.5 Å². The Hall–Kier alpha value is -1.83. The molecule has 0 aromatic heterocycles. The van der Waals surface area contributed by atoms with Crippen molar-refractivity contribution >= 4 is 11.8 Å². The van der Waals surface area contributed by atoms with E-state index in [1.807, 2.05) is 18.2 Å². The first kappa shape index (κ1) is 17.6. The highest BCUT2D eigenvalue weighted by Crippen LogP contribution is 2.35. The highest BCUT2D eigenvalue weighted by Gasteiger charge is 2.41. The molecule has 0 spiro atoms. The summed E-state index contributed by atoms with van der Waals surface area (Å²) in [5.74, 6) is 0.746. The van der Waals surface area contributed by atoms with E-state index in [4.69, 9.17) is 14.2 Å². The SMILES string of the molecule is COc1ccc2c(c1)CN1CCC(OC3CCCCO3)C1CN2C(=O)O. The van der Waals surface area contributed by atoms with E-state index in [2.05, 4.69) is 4.90 Å². The number of amides is 1. The van der Waals surface area contributed by atoms with E-state index < -0.39 is 6.09 Å². The molecule has 0 bridgehead atoms. The summed E-state index contributed by atoms with van der Waals surface area (Å²) in [4.78, 5) is 15.7. The minimum atomic E-state index is -0.933. The van der Waals surface area contributed by atoms with Crippen LogP contribution in [0.3, 0.4) is 0 Å². The largest absolute Gasteiger partial charge is 0.497 e. The Balaban J connectivity index is 1.57. The van der Waals surface area contributed by atoms with Crippen molar-refractivity contribution in [3.8, 4) is 5.75 Å². The third kappa shape index (κ3) is 3.39. The number of carbonyl (C=O) groups is 1. The molecule has 1 N–H and O–H groups in total. The molecule has 0 radical (unpaired) electrons. The molecule has 0 saturated carbocycles. The average Bonchev–Trinajstić information content (AvgIpc) is 2.93. The van der Waals surface area contributed by atoms with Gasteiger partial charge in [0.05, 0.1) is 24.9 Å². The maximum atomic E-state index is 11.9. The molecule has 7 nitrogen and oxygen atoms in total. The topological polar surface area (TPSA) is 71.5 Å². The lowest BCUT2D eigenvalue weighted by Crippen LogP contribution is -2.46. The number of fused-ring (bicyclic) bond motifs is 2. The molecule has 3 unspecified atom stereocenters. The molecule has 4 rings (SSSR count). The lowest BCUT2D eigenvalue weighted by Gasteiger charge is -2.32. The predicted octanol–water partition coefficient (Wildman–Crippen LogP) is 2.68. The zero-order valence-electron chi connectivity index (χ0n) is 15.1. The highest BCUT2D eigenvalue weighted by atomic mass is 16.7. The van der Waals surface area contributed by atoms with E-state index in [1.165, 1.54) is 4.90 Å². The van der Waals surface area contributed by atoms with Crippen LogP contribution >= 0.6 is 0 Å². The number of hydrogen-bond acceptors (Lipinski definition) is 5. The molecular formula is C19H26N2O5. The van der Waals surface area contributed by atoms with Crippen LogP contribution < -0.4 is 9.64 Å². The zero-order valence-corrected chi connectivity index (χ0v) is 15.1. The van der Waals surface area contributed by atoms with Crippen molar-refractivity contribution in [2.24, 2.45) is 0 Å². The minimum absolute atomic E-state index is 0.00356. The van der Waals surface area contributed by atoms with Crippen LogP contribution in [0.5, 0.6) is 5.75 Å². The van der Waals surface area contributed by atoms with Crippen LogP contribution in [0.1, 0.15) is 31.2 Å². The Bertz CT molecular complexity index is 661. The number of rotatable bonds is 3. The third-order valence-corrected chi connectivity index (χ3v) is 5.61. The van der Waals surface area contributed by atoms with Gasteiger partial charge < -0.3 is 19.3 Å².